The van der Waals surface area contributed by atoms with Gasteiger partial charge in [-0.15, -0.1) is 0 Å². The third-order valence-corrected chi connectivity index (χ3v) is 2.55. The summed E-state index contributed by atoms with van der Waals surface area (Å²) in [5.41, 5.74) is 11.5. The summed E-state index contributed by atoms with van der Waals surface area (Å²) in [6.45, 7) is 5.44. The molecule has 0 spiro atoms. The second-order valence-electron chi connectivity index (χ2n) is 4.87. The summed E-state index contributed by atoms with van der Waals surface area (Å²) in [5.74, 6) is -1.59. The Morgan fingerprint density at radius 2 is 1.70 bits per heavy atom. The van der Waals surface area contributed by atoms with Crippen LogP contribution in [0.1, 0.15) is 30.9 Å². The number of carbonyl (C=O) groups excluding carboxylic acids is 1. The molecule has 1 atom stereocenters. The molecule has 0 saturated heterocycles. The van der Waals surface area contributed by atoms with Crippen molar-refractivity contribution >= 4 is 12.3 Å². The molecule has 5 N–H and O–H groups in total. The van der Waals surface area contributed by atoms with Gasteiger partial charge in [0.25, 0.3) is 0 Å². The monoisotopic (exact) mass is 280 g/mol. The van der Waals surface area contributed by atoms with E-state index in [0.29, 0.717) is 30.9 Å². The van der Waals surface area contributed by atoms with E-state index in [0.717, 1.165) is 12.0 Å². The van der Waals surface area contributed by atoms with Crippen molar-refractivity contribution in [2.24, 2.45) is 17.4 Å². The fourth-order valence-corrected chi connectivity index (χ4v) is 1.61. The molecule has 20 heavy (non-hydrogen) atoms. The van der Waals surface area contributed by atoms with Gasteiger partial charge < -0.3 is 21.4 Å². The van der Waals surface area contributed by atoms with Crippen LogP contribution in [0.15, 0.2) is 24.3 Å². The Morgan fingerprint density at radius 3 is 2.00 bits per heavy atom. The van der Waals surface area contributed by atoms with Gasteiger partial charge in [-0.05, 0) is 23.5 Å². The average Bonchev–Trinajstić information content (AvgIpc) is 2.41. The summed E-state index contributed by atoms with van der Waals surface area (Å²) >= 11 is 0. The van der Waals surface area contributed by atoms with Gasteiger partial charge >= 0.3 is 5.97 Å². The molecular formula is C15H24N2O3. The Balaban J connectivity index is 0.000000796. The van der Waals surface area contributed by atoms with Gasteiger partial charge in [0.05, 0.1) is 0 Å². The predicted octanol–water partition coefficient (Wildman–Crippen LogP) is 1.16. The summed E-state index contributed by atoms with van der Waals surface area (Å²) in [7, 11) is 0. The van der Waals surface area contributed by atoms with Gasteiger partial charge in [-0.2, -0.15) is 0 Å². The first-order valence-electron chi connectivity index (χ1n) is 6.63. The summed E-state index contributed by atoms with van der Waals surface area (Å²) in [6, 6.07) is 7.19. The van der Waals surface area contributed by atoms with Crippen molar-refractivity contribution < 1.29 is 14.7 Å². The quantitative estimate of drug-likeness (QED) is 0.535. The Hall–Kier alpha value is -1.72. The predicted molar refractivity (Wildman–Crippen MR) is 79.5 cm³/mol. The molecule has 1 aromatic carbocycles. The van der Waals surface area contributed by atoms with Crippen molar-refractivity contribution in [3.05, 3.63) is 35.4 Å². The zero-order valence-electron chi connectivity index (χ0n) is 12.1. The first-order chi connectivity index (χ1) is 9.46. The van der Waals surface area contributed by atoms with Gasteiger partial charge in [0, 0.05) is 13.1 Å². The Morgan fingerprint density at radius 1 is 1.20 bits per heavy atom. The number of carbonyl (C=O) groups is 2. The molecule has 0 fully saturated rings. The first-order valence-corrected chi connectivity index (χ1v) is 6.63. The van der Waals surface area contributed by atoms with E-state index in [-0.39, 0.29) is 0 Å². The molecule has 0 heterocycles. The lowest BCUT2D eigenvalue weighted by Crippen LogP contribution is -2.12. The Kier molecular flexibility index (Phi) is 9.24. The number of rotatable bonds is 6. The lowest BCUT2D eigenvalue weighted by Gasteiger charge is -2.08. The molecule has 0 saturated carbocycles. The van der Waals surface area contributed by atoms with E-state index in [4.69, 9.17) is 16.6 Å². The van der Waals surface area contributed by atoms with Crippen LogP contribution in [-0.2, 0) is 16.0 Å². The summed E-state index contributed by atoms with van der Waals surface area (Å²) < 4.78 is 0. The minimum atomic E-state index is -1.10. The minimum Gasteiger partial charge on any atom is -0.480 e. The normalized spacial score (nSPS) is 11.4. The van der Waals surface area contributed by atoms with Crippen molar-refractivity contribution in [3.8, 4) is 0 Å². The molecular weight excluding hydrogens is 256 g/mol. The van der Waals surface area contributed by atoms with Crippen molar-refractivity contribution in [2.75, 3.05) is 13.1 Å². The SMILES string of the molecule is CC(C)Cc1ccc(C(C=O)C(=O)O)cc1.NCCN. The molecule has 0 aliphatic heterocycles. The lowest BCUT2D eigenvalue weighted by molar-refractivity contribution is -0.140. The van der Waals surface area contributed by atoms with E-state index >= 15 is 0 Å². The number of benzene rings is 1. The van der Waals surface area contributed by atoms with E-state index in [1.165, 1.54) is 0 Å². The van der Waals surface area contributed by atoms with Crippen LogP contribution in [0.25, 0.3) is 0 Å². The number of carboxylic acids is 1. The maximum atomic E-state index is 10.8. The maximum Gasteiger partial charge on any atom is 0.318 e. The molecule has 112 valence electrons. The molecule has 0 amide bonds. The van der Waals surface area contributed by atoms with Crippen LogP contribution >= 0.6 is 0 Å². The topological polar surface area (TPSA) is 106 Å². The molecule has 5 nitrogen and oxygen atoms in total. The highest BCUT2D eigenvalue weighted by molar-refractivity contribution is 5.92. The highest BCUT2D eigenvalue weighted by atomic mass is 16.4. The van der Waals surface area contributed by atoms with Gasteiger partial charge in [-0.3, -0.25) is 4.79 Å². The summed E-state index contributed by atoms with van der Waals surface area (Å²) in [4.78, 5) is 21.4. The maximum absolute atomic E-state index is 10.8. The number of hydrogen-bond acceptors (Lipinski definition) is 4. The highest BCUT2D eigenvalue weighted by Crippen LogP contribution is 2.16. The van der Waals surface area contributed by atoms with Crippen LogP contribution in [0.5, 0.6) is 0 Å². The molecule has 0 bridgehead atoms. The van der Waals surface area contributed by atoms with Gasteiger partial charge in [-0.25, -0.2) is 0 Å². The fourth-order valence-electron chi connectivity index (χ4n) is 1.61. The zero-order chi connectivity index (χ0) is 15.5. The van der Waals surface area contributed by atoms with Crippen LogP contribution in [0.4, 0.5) is 0 Å². The van der Waals surface area contributed by atoms with Crippen LogP contribution in [-0.4, -0.2) is 30.5 Å². The number of carboxylic acid groups (broad SMARTS) is 1. The second kappa shape index (κ2) is 10.1. The van der Waals surface area contributed by atoms with E-state index in [9.17, 15) is 9.59 Å². The van der Waals surface area contributed by atoms with Crippen LogP contribution in [0.3, 0.4) is 0 Å². The molecule has 0 aliphatic carbocycles. The number of hydrogen-bond donors (Lipinski definition) is 3. The van der Waals surface area contributed by atoms with Crippen molar-refractivity contribution in [1.29, 1.82) is 0 Å². The first kappa shape index (κ1) is 18.3. The number of aliphatic carboxylic acids is 1. The summed E-state index contributed by atoms with van der Waals surface area (Å²) in [6.07, 6.45) is 1.42. The van der Waals surface area contributed by atoms with Crippen LogP contribution in [0.2, 0.25) is 0 Å². The van der Waals surface area contributed by atoms with Crippen LogP contribution in [0, 0.1) is 5.92 Å². The van der Waals surface area contributed by atoms with Gasteiger partial charge in [0.1, 0.15) is 12.2 Å². The average molecular weight is 280 g/mol. The summed E-state index contributed by atoms with van der Waals surface area (Å²) in [5, 5.41) is 8.81. The molecule has 0 aliphatic rings. The van der Waals surface area contributed by atoms with E-state index in [2.05, 4.69) is 13.8 Å². The zero-order valence-corrected chi connectivity index (χ0v) is 12.1. The van der Waals surface area contributed by atoms with Crippen molar-refractivity contribution in [1.82, 2.24) is 0 Å². The van der Waals surface area contributed by atoms with Crippen LogP contribution < -0.4 is 11.5 Å². The molecule has 5 heteroatoms. The second-order valence-corrected chi connectivity index (χ2v) is 4.87. The Labute approximate surface area is 120 Å². The van der Waals surface area contributed by atoms with E-state index < -0.39 is 11.9 Å². The number of nitrogens with two attached hydrogens (primary N) is 2. The largest absolute Gasteiger partial charge is 0.480 e. The van der Waals surface area contributed by atoms with E-state index in [1.54, 1.807) is 12.1 Å². The number of aldehydes is 1. The third kappa shape index (κ3) is 7.01. The minimum absolute atomic E-state index is 0.458. The van der Waals surface area contributed by atoms with E-state index in [1.807, 2.05) is 12.1 Å². The molecule has 1 aromatic rings. The molecule has 0 radical (unpaired) electrons. The smallest absolute Gasteiger partial charge is 0.318 e. The van der Waals surface area contributed by atoms with Crippen molar-refractivity contribution in [3.63, 3.8) is 0 Å². The lowest BCUT2D eigenvalue weighted by atomic mass is 9.97. The molecule has 1 unspecified atom stereocenters. The molecule has 1 rings (SSSR count). The fraction of sp³-hybridized carbons (Fsp3) is 0.467. The third-order valence-electron chi connectivity index (χ3n) is 2.55. The van der Waals surface area contributed by atoms with Gasteiger partial charge in [-0.1, -0.05) is 38.1 Å². The molecule has 0 aromatic heterocycles. The van der Waals surface area contributed by atoms with Gasteiger partial charge in [0.2, 0.25) is 0 Å². The Bertz CT molecular complexity index is 400. The van der Waals surface area contributed by atoms with Gasteiger partial charge in [0.15, 0.2) is 0 Å². The van der Waals surface area contributed by atoms with Crippen molar-refractivity contribution in [2.45, 2.75) is 26.2 Å². The standard InChI is InChI=1S/C13H16O3.C2H8N2/c1-9(2)7-10-3-5-11(6-4-10)12(8-14)13(15)16;3-1-2-4/h3-6,8-9,12H,7H2,1-2H3,(H,15,16);1-4H2. The highest BCUT2D eigenvalue weighted by Gasteiger charge is 2.18.